The molecule has 0 saturated carbocycles. The van der Waals surface area contributed by atoms with E-state index < -0.39 is 0 Å². The number of rotatable bonds is 5. The molecule has 0 saturated heterocycles. The minimum Gasteiger partial charge on any atom is -0.494 e. The van der Waals surface area contributed by atoms with Gasteiger partial charge in [-0.1, -0.05) is 48.5 Å². The predicted octanol–water partition coefficient (Wildman–Crippen LogP) is 8.90. The van der Waals surface area contributed by atoms with Gasteiger partial charge in [0.1, 0.15) is 5.75 Å². The molecule has 3 aliphatic rings. The molecule has 0 bridgehead atoms. The summed E-state index contributed by atoms with van der Waals surface area (Å²) in [5.74, 6) is 1.47. The lowest BCUT2D eigenvalue weighted by atomic mass is 9.74. The van der Waals surface area contributed by atoms with E-state index in [1.165, 1.54) is 39.8 Å². The van der Waals surface area contributed by atoms with Crippen LogP contribution >= 0.6 is 24.8 Å². The number of nitro benzene ring substituents is 1. The fourth-order valence-corrected chi connectivity index (χ4v) is 6.50. The summed E-state index contributed by atoms with van der Waals surface area (Å²) in [6.07, 6.45) is 14.0. The predicted molar refractivity (Wildman–Crippen MR) is 189 cm³/mol. The van der Waals surface area contributed by atoms with E-state index in [1.807, 2.05) is 61.8 Å². The zero-order valence-electron chi connectivity index (χ0n) is 25.3. The van der Waals surface area contributed by atoms with Crippen molar-refractivity contribution in [2.75, 3.05) is 12.3 Å². The van der Waals surface area contributed by atoms with Crippen molar-refractivity contribution in [2.45, 2.75) is 45.4 Å². The van der Waals surface area contributed by atoms with Gasteiger partial charge in [-0.3, -0.25) is 10.1 Å². The van der Waals surface area contributed by atoms with Crippen LogP contribution in [0.1, 0.15) is 51.8 Å². The third-order valence-electron chi connectivity index (χ3n) is 8.86. The van der Waals surface area contributed by atoms with Crippen LogP contribution in [-0.2, 0) is 25.7 Å². The minimum atomic E-state index is -0.249. The maximum absolute atomic E-state index is 11.5. The number of nitrogen functional groups attached to an aromatic ring is 1. The molecule has 1 heterocycles. The highest BCUT2D eigenvalue weighted by molar-refractivity contribution is 5.85. The molecule has 2 aliphatic carbocycles. The van der Waals surface area contributed by atoms with Crippen LogP contribution in [0.5, 0.6) is 5.75 Å². The molecule has 0 aromatic heterocycles. The van der Waals surface area contributed by atoms with Gasteiger partial charge in [-0.2, -0.15) is 0 Å². The first-order chi connectivity index (χ1) is 21.0. The molecule has 0 radical (unpaired) electrons. The molecule has 0 spiro atoms. The Hall–Kier alpha value is -4.26. The van der Waals surface area contributed by atoms with Crippen molar-refractivity contribution in [1.29, 1.82) is 0 Å². The molecule has 1 unspecified atom stereocenters. The molecule has 8 heteroatoms. The number of nitro groups is 1. The molecule has 4 aromatic rings. The summed E-state index contributed by atoms with van der Waals surface area (Å²) in [5.41, 5.74) is 17.9. The molecule has 1 aliphatic heterocycles. The van der Waals surface area contributed by atoms with Gasteiger partial charge in [-0.15, -0.1) is 24.8 Å². The van der Waals surface area contributed by atoms with E-state index in [2.05, 4.69) is 41.7 Å². The van der Waals surface area contributed by atoms with Crippen molar-refractivity contribution in [2.24, 2.45) is 5.92 Å². The summed E-state index contributed by atoms with van der Waals surface area (Å²) >= 11 is 0. The van der Waals surface area contributed by atoms with Crippen LogP contribution < -0.4 is 15.8 Å². The Kier molecular flexibility index (Phi) is 11.3. The summed E-state index contributed by atoms with van der Waals surface area (Å²) in [5, 5.41) is 14.5. The number of nitrogens with one attached hydrogen (secondary N) is 1. The van der Waals surface area contributed by atoms with Crippen LogP contribution in [0.4, 0.5) is 11.4 Å². The van der Waals surface area contributed by atoms with Gasteiger partial charge in [0.05, 0.1) is 11.5 Å². The molecular weight excluding hydrogens is 605 g/mol. The molecule has 45 heavy (non-hydrogen) atoms. The Labute approximate surface area is 277 Å². The monoisotopic (exact) mass is 643 g/mol. The largest absolute Gasteiger partial charge is 0.494 e. The lowest BCUT2D eigenvalue weighted by Gasteiger charge is -2.30. The van der Waals surface area contributed by atoms with Crippen molar-refractivity contribution in [1.82, 2.24) is 5.32 Å². The van der Waals surface area contributed by atoms with Crippen LogP contribution in [0.3, 0.4) is 0 Å². The van der Waals surface area contributed by atoms with Crippen LogP contribution in [0.15, 0.2) is 85.2 Å². The lowest BCUT2D eigenvalue weighted by molar-refractivity contribution is -0.385. The van der Waals surface area contributed by atoms with Crippen molar-refractivity contribution in [3.63, 3.8) is 0 Å². The van der Waals surface area contributed by atoms with E-state index in [9.17, 15) is 10.1 Å². The third-order valence-corrected chi connectivity index (χ3v) is 8.86. The van der Waals surface area contributed by atoms with E-state index in [0.717, 1.165) is 60.2 Å². The van der Waals surface area contributed by atoms with Gasteiger partial charge < -0.3 is 15.8 Å². The molecule has 7 rings (SSSR count). The Morgan fingerprint density at radius 3 is 2.29 bits per heavy atom. The number of nitrogens with zero attached hydrogens (tertiary/aromatic N) is 1. The van der Waals surface area contributed by atoms with Gasteiger partial charge in [0.15, 0.2) is 0 Å². The topological polar surface area (TPSA) is 90.4 Å². The van der Waals surface area contributed by atoms with Gasteiger partial charge in [0.2, 0.25) is 0 Å². The fraction of sp³-hybridized carbons (Fsp3) is 0.243. The average Bonchev–Trinajstić information content (AvgIpc) is 3.28. The maximum Gasteiger partial charge on any atom is 0.273 e. The maximum atomic E-state index is 11.5. The molecule has 6 nitrogen and oxygen atoms in total. The van der Waals surface area contributed by atoms with E-state index >= 15 is 0 Å². The summed E-state index contributed by atoms with van der Waals surface area (Å²) in [7, 11) is 0. The van der Waals surface area contributed by atoms with Crippen molar-refractivity contribution < 1.29 is 9.66 Å². The zero-order valence-corrected chi connectivity index (χ0v) is 27.0. The lowest BCUT2D eigenvalue weighted by Crippen LogP contribution is -2.20. The van der Waals surface area contributed by atoms with Gasteiger partial charge in [0, 0.05) is 29.7 Å². The van der Waals surface area contributed by atoms with Gasteiger partial charge >= 0.3 is 0 Å². The summed E-state index contributed by atoms with van der Waals surface area (Å²) in [6, 6.07) is 24.0. The van der Waals surface area contributed by atoms with Crippen molar-refractivity contribution in [3.8, 4) is 16.9 Å². The van der Waals surface area contributed by atoms with E-state index in [4.69, 9.17) is 10.5 Å². The van der Waals surface area contributed by atoms with Crippen LogP contribution in [0, 0.1) is 23.0 Å². The van der Waals surface area contributed by atoms with Gasteiger partial charge in [-0.05, 0) is 126 Å². The molecule has 4 aromatic carbocycles. The highest BCUT2D eigenvalue weighted by Gasteiger charge is 2.28. The fourth-order valence-electron chi connectivity index (χ4n) is 6.50. The minimum absolute atomic E-state index is 0. The Morgan fingerprint density at radius 1 is 0.867 bits per heavy atom. The molecule has 234 valence electrons. The molecule has 1 atom stereocenters. The zero-order chi connectivity index (χ0) is 29.8. The first-order valence-corrected chi connectivity index (χ1v) is 15.1. The first-order valence-electron chi connectivity index (χ1n) is 15.1. The third kappa shape index (κ3) is 7.52. The van der Waals surface area contributed by atoms with Crippen LogP contribution in [-0.4, -0.2) is 11.5 Å². The van der Waals surface area contributed by atoms with Crippen LogP contribution in [0.2, 0.25) is 0 Å². The number of ether oxygens (including phenoxy) is 1. The summed E-state index contributed by atoms with van der Waals surface area (Å²) < 4.78 is 6.01. The molecule has 3 N–H and O–H groups in total. The number of hydrogen-bond donors (Lipinski definition) is 2. The van der Waals surface area contributed by atoms with E-state index in [-0.39, 0.29) is 35.4 Å². The van der Waals surface area contributed by atoms with Crippen molar-refractivity contribution in [3.05, 3.63) is 134 Å². The Bertz CT molecular complexity index is 1700. The van der Waals surface area contributed by atoms with Crippen LogP contribution in [0.25, 0.3) is 23.3 Å². The SMILES string of the molecule is C1=Cc2ccccc2C=CN1.Cc1cc(OCCC2CCc3ccc4c(c3C2)CCc2c-4cccc2[N+](=O)[O-])ccc1N.Cl.Cl. The second-order valence-electron chi connectivity index (χ2n) is 11.5. The highest BCUT2D eigenvalue weighted by Crippen LogP contribution is 2.42. The number of aryl methyl sites for hydroxylation is 2. The van der Waals surface area contributed by atoms with E-state index in [1.54, 1.807) is 6.07 Å². The summed E-state index contributed by atoms with van der Waals surface area (Å²) in [6.45, 7) is 2.70. The van der Waals surface area contributed by atoms with Crippen molar-refractivity contribution >= 4 is 48.3 Å². The smallest absolute Gasteiger partial charge is 0.273 e. The number of halogens is 2. The molecule has 0 amide bonds. The average molecular weight is 645 g/mol. The molecule has 0 fully saturated rings. The second-order valence-corrected chi connectivity index (χ2v) is 11.5. The quantitative estimate of drug-likeness (QED) is 0.129. The number of fused-ring (bicyclic) bond motifs is 6. The highest BCUT2D eigenvalue weighted by atomic mass is 35.5. The second kappa shape index (κ2) is 15.2. The first kappa shape index (κ1) is 33.6. The summed E-state index contributed by atoms with van der Waals surface area (Å²) in [4.78, 5) is 11.2. The van der Waals surface area contributed by atoms with Gasteiger partial charge in [0.25, 0.3) is 5.69 Å². The number of benzene rings is 4. The Balaban J connectivity index is 0.000000300. The van der Waals surface area contributed by atoms with E-state index in [0.29, 0.717) is 12.5 Å². The number of nitrogens with two attached hydrogens (primary N) is 1. The standard InChI is InChI=1S/C27H28N2O3.C10H9N.2ClH/c1-17-15-20(8-12-26(17)28)32-14-13-18-5-6-19-7-9-22-21-3-2-4-27(29(30)31)24(21)11-10-23(22)25(19)16-18;1-2-4-10-6-8-11-7-5-9(10)3-1;;/h2-4,7-9,12,15,18H,5-6,10-11,13-14,16,28H2,1H3;1-8,11H;2*1H. The van der Waals surface area contributed by atoms with Gasteiger partial charge in [-0.25, -0.2) is 0 Å². The normalized spacial score (nSPS) is 15.1. The Morgan fingerprint density at radius 2 is 1.58 bits per heavy atom. The number of anilines is 1. The molecular formula is C37H39Cl2N3O3. The number of hydrogen-bond acceptors (Lipinski definition) is 5.